The first-order valence-corrected chi connectivity index (χ1v) is 7.04. The Morgan fingerprint density at radius 1 is 1.29 bits per heavy atom. The summed E-state index contributed by atoms with van der Waals surface area (Å²) >= 11 is 0. The second-order valence-electron chi connectivity index (χ2n) is 5.97. The van der Waals surface area contributed by atoms with E-state index >= 15 is 0 Å². The number of amides is 1. The second kappa shape index (κ2) is 7.00. The first-order chi connectivity index (χ1) is 8.06. The number of rotatable bonds is 6. The quantitative estimate of drug-likeness (QED) is 0.749. The third-order valence-corrected chi connectivity index (χ3v) is 3.95. The molecule has 1 aliphatic carbocycles. The zero-order valence-corrected chi connectivity index (χ0v) is 11.4. The van der Waals surface area contributed by atoms with Crippen molar-refractivity contribution in [3.8, 4) is 0 Å². The summed E-state index contributed by atoms with van der Waals surface area (Å²) < 4.78 is 0. The Hall–Kier alpha value is -0.570. The molecule has 0 aromatic rings. The van der Waals surface area contributed by atoms with Crippen LogP contribution in [-0.2, 0) is 4.79 Å². The third-order valence-electron chi connectivity index (χ3n) is 3.95. The van der Waals surface area contributed by atoms with Gasteiger partial charge in [0.05, 0.1) is 0 Å². The molecular formula is C14H28N2O. The standard InChI is InChI=1S/C14H28N2O/c1-14(2,9-10-15)13(17)16-11-8-12-6-4-3-5-7-12/h12H,3-11,15H2,1-2H3,(H,16,17). The summed E-state index contributed by atoms with van der Waals surface area (Å²) in [6, 6.07) is 0. The average Bonchev–Trinajstić information content (AvgIpc) is 2.30. The van der Waals surface area contributed by atoms with E-state index in [1.54, 1.807) is 0 Å². The molecule has 0 aromatic heterocycles. The minimum absolute atomic E-state index is 0.152. The van der Waals surface area contributed by atoms with Crippen LogP contribution in [0.5, 0.6) is 0 Å². The van der Waals surface area contributed by atoms with Crippen molar-refractivity contribution in [3.05, 3.63) is 0 Å². The summed E-state index contributed by atoms with van der Waals surface area (Å²) in [6.45, 7) is 5.34. The molecule has 1 fully saturated rings. The molecule has 0 saturated heterocycles. The molecule has 3 heteroatoms. The Kier molecular flexibility index (Phi) is 5.96. The van der Waals surface area contributed by atoms with E-state index in [9.17, 15) is 4.79 Å². The van der Waals surface area contributed by atoms with E-state index < -0.39 is 0 Å². The SMILES string of the molecule is CC(C)(CCN)C(=O)NCCC1CCCCC1. The number of carbonyl (C=O) groups excluding carboxylic acids is 1. The number of carbonyl (C=O) groups is 1. The molecule has 0 radical (unpaired) electrons. The molecular weight excluding hydrogens is 212 g/mol. The Labute approximate surface area is 106 Å². The Balaban J connectivity index is 2.18. The minimum Gasteiger partial charge on any atom is -0.356 e. The number of hydrogen-bond acceptors (Lipinski definition) is 2. The molecule has 0 atom stereocenters. The second-order valence-corrected chi connectivity index (χ2v) is 5.97. The molecule has 0 aliphatic heterocycles. The van der Waals surface area contributed by atoms with Crippen molar-refractivity contribution in [3.63, 3.8) is 0 Å². The van der Waals surface area contributed by atoms with E-state index in [1.807, 2.05) is 13.8 Å². The summed E-state index contributed by atoms with van der Waals surface area (Å²) in [5.41, 5.74) is 5.20. The highest BCUT2D eigenvalue weighted by Crippen LogP contribution is 2.26. The van der Waals surface area contributed by atoms with E-state index in [2.05, 4.69) is 5.32 Å². The average molecular weight is 240 g/mol. The van der Waals surface area contributed by atoms with Gasteiger partial charge in [-0.25, -0.2) is 0 Å². The maximum absolute atomic E-state index is 11.9. The van der Waals surface area contributed by atoms with Gasteiger partial charge in [0.1, 0.15) is 0 Å². The van der Waals surface area contributed by atoms with Crippen molar-refractivity contribution in [1.29, 1.82) is 0 Å². The predicted molar refractivity (Wildman–Crippen MR) is 71.7 cm³/mol. The molecule has 3 nitrogen and oxygen atoms in total. The van der Waals surface area contributed by atoms with E-state index in [1.165, 1.54) is 32.1 Å². The highest BCUT2D eigenvalue weighted by atomic mass is 16.2. The monoisotopic (exact) mass is 240 g/mol. The van der Waals surface area contributed by atoms with Crippen LogP contribution in [0.15, 0.2) is 0 Å². The lowest BCUT2D eigenvalue weighted by atomic mass is 9.86. The van der Waals surface area contributed by atoms with Crippen LogP contribution in [0.3, 0.4) is 0 Å². The van der Waals surface area contributed by atoms with Crippen LogP contribution in [0.1, 0.15) is 58.8 Å². The fourth-order valence-corrected chi connectivity index (χ4v) is 2.58. The summed E-state index contributed by atoms with van der Waals surface area (Å²) in [5.74, 6) is 0.987. The van der Waals surface area contributed by atoms with Gasteiger partial charge in [-0.1, -0.05) is 46.0 Å². The third kappa shape index (κ3) is 5.07. The molecule has 0 bridgehead atoms. The highest BCUT2D eigenvalue weighted by molar-refractivity contribution is 5.81. The van der Waals surface area contributed by atoms with E-state index in [-0.39, 0.29) is 11.3 Å². The van der Waals surface area contributed by atoms with Gasteiger partial charge in [0.25, 0.3) is 0 Å². The van der Waals surface area contributed by atoms with E-state index in [0.717, 1.165) is 25.3 Å². The lowest BCUT2D eigenvalue weighted by Gasteiger charge is -2.25. The number of hydrogen-bond donors (Lipinski definition) is 2. The number of nitrogens with two attached hydrogens (primary N) is 1. The van der Waals surface area contributed by atoms with Gasteiger partial charge in [0.15, 0.2) is 0 Å². The zero-order valence-electron chi connectivity index (χ0n) is 11.4. The van der Waals surface area contributed by atoms with Crippen LogP contribution >= 0.6 is 0 Å². The van der Waals surface area contributed by atoms with Gasteiger partial charge >= 0.3 is 0 Å². The van der Waals surface area contributed by atoms with Gasteiger partial charge in [0, 0.05) is 12.0 Å². The van der Waals surface area contributed by atoms with Crippen molar-refractivity contribution < 1.29 is 4.79 Å². The van der Waals surface area contributed by atoms with Crippen LogP contribution in [0.2, 0.25) is 0 Å². The largest absolute Gasteiger partial charge is 0.356 e. The van der Waals surface area contributed by atoms with Gasteiger partial charge < -0.3 is 11.1 Å². The van der Waals surface area contributed by atoms with Crippen LogP contribution < -0.4 is 11.1 Å². The Morgan fingerprint density at radius 3 is 2.53 bits per heavy atom. The van der Waals surface area contributed by atoms with Crippen molar-refractivity contribution in [2.75, 3.05) is 13.1 Å². The molecule has 1 aliphatic rings. The zero-order chi connectivity index (χ0) is 12.7. The molecule has 1 amide bonds. The number of nitrogens with one attached hydrogen (secondary N) is 1. The Bertz CT molecular complexity index is 232. The van der Waals surface area contributed by atoms with Crippen molar-refractivity contribution >= 4 is 5.91 Å². The van der Waals surface area contributed by atoms with Crippen molar-refractivity contribution in [2.24, 2.45) is 17.1 Å². The van der Waals surface area contributed by atoms with Gasteiger partial charge in [-0.2, -0.15) is 0 Å². The summed E-state index contributed by atoms with van der Waals surface area (Å²) in [5, 5.41) is 3.06. The van der Waals surface area contributed by atoms with Crippen LogP contribution in [0.4, 0.5) is 0 Å². The molecule has 1 rings (SSSR count). The summed E-state index contributed by atoms with van der Waals surface area (Å²) in [7, 11) is 0. The topological polar surface area (TPSA) is 55.1 Å². The van der Waals surface area contributed by atoms with Crippen LogP contribution in [0, 0.1) is 11.3 Å². The molecule has 0 spiro atoms. The van der Waals surface area contributed by atoms with E-state index in [4.69, 9.17) is 5.73 Å². The molecule has 100 valence electrons. The highest BCUT2D eigenvalue weighted by Gasteiger charge is 2.26. The molecule has 3 N–H and O–H groups in total. The summed E-state index contributed by atoms with van der Waals surface area (Å²) in [6.07, 6.45) is 8.73. The molecule has 0 heterocycles. The lowest BCUT2D eigenvalue weighted by molar-refractivity contribution is -0.129. The maximum atomic E-state index is 11.9. The van der Waals surface area contributed by atoms with Gasteiger partial charge in [-0.15, -0.1) is 0 Å². The van der Waals surface area contributed by atoms with E-state index in [0.29, 0.717) is 6.54 Å². The van der Waals surface area contributed by atoms with Crippen molar-refractivity contribution in [2.45, 2.75) is 58.8 Å². The maximum Gasteiger partial charge on any atom is 0.225 e. The fraction of sp³-hybridized carbons (Fsp3) is 0.929. The van der Waals surface area contributed by atoms with Gasteiger partial charge in [-0.05, 0) is 25.3 Å². The normalized spacial score (nSPS) is 18.1. The first-order valence-electron chi connectivity index (χ1n) is 7.04. The summed E-state index contributed by atoms with van der Waals surface area (Å²) in [4.78, 5) is 11.9. The predicted octanol–water partition coefficient (Wildman–Crippen LogP) is 2.45. The smallest absolute Gasteiger partial charge is 0.225 e. The molecule has 0 aromatic carbocycles. The molecule has 17 heavy (non-hydrogen) atoms. The first kappa shape index (κ1) is 14.5. The van der Waals surface area contributed by atoms with Crippen LogP contribution in [0.25, 0.3) is 0 Å². The Morgan fingerprint density at radius 2 is 1.94 bits per heavy atom. The van der Waals surface area contributed by atoms with Crippen molar-refractivity contribution in [1.82, 2.24) is 5.32 Å². The lowest BCUT2D eigenvalue weighted by Crippen LogP contribution is -2.39. The molecule has 1 saturated carbocycles. The minimum atomic E-state index is -0.318. The van der Waals surface area contributed by atoms with Gasteiger partial charge in [-0.3, -0.25) is 4.79 Å². The van der Waals surface area contributed by atoms with Crippen LogP contribution in [-0.4, -0.2) is 19.0 Å². The fourth-order valence-electron chi connectivity index (χ4n) is 2.58. The molecule has 0 unspecified atom stereocenters. The van der Waals surface area contributed by atoms with Gasteiger partial charge in [0.2, 0.25) is 5.91 Å².